The van der Waals surface area contributed by atoms with Gasteiger partial charge in [0.2, 0.25) is 0 Å². The summed E-state index contributed by atoms with van der Waals surface area (Å²) in [5, 5.41) is 17.0. The highest BCUT2D eigenvalue weighted by atomic mass is 16.3. The minimum Gasteiger partial charge on any atom is -0.508 e. The molecule has 0 fully saturated rings. The van der Waals surface area contributed by atoms with Crippen LogP contribution in [-0.4, -0.2) is 16.4 Å². The Bertz CT molecular complexity index is 572. The summed E-state index contributed by atoms with van der Waals surface area (Å²) in [6.07, 6.45) is 5.04. The number of hydrogen-bond donors (Lipinski definition) is 2. The average molecular weight is 241 g/mol. The van der Waals surface area contributed by atoms with Gasteiger partial charge in [0.15, 0.2) is 0 Å². The summed E-state index contributed by atoms with van der Waals surface area (Å²) in [5.41, 5.74) is 4.56. The molecule has 2 N–H and O–H groups in total. The van der Waals surface area contributed by atoms with E-state index in [2.05, 4.69) is 15.6 Å². The minimum atomic E-state index is 0.211. The van der Waals surface area contributed by atoms with Crippen LogP contribution in [0, 0.1) is 0 Å². The first kappa shape index (κ1) is 10.4. The molecule has 6 nitrogen and oxygen atoms in total. The lowest BCUT2D eigenvalue weighted by Crippen LogP contribution is -2.43. The molecule has 90 valence electrons. The molecule has 2 aromatic rings. The fourth-order valence-corrected chi connectivity index (χ4v) is 1.72. The van der Waals surface area contributed by atoms with Crippen LogP contribution in [0.25, 0.3) is 0 Å². The van der Waals surface area contributed by atoms with E-state index in [0.29, 0.717) is 0 Å². The normalized spacial score (nSPS) is 13.8. The molecule has 0 atom stereocenters. The lowest BCUT2D eigenvalue weighted by atomic mass is 10.3. The average Bonchev–Trinajstić information content (AvgIpc) is 2.89. The van der Waals surface area contributed by atoms with Gasteiger partial charge < -0.3 is 5.11 Å². The SMILES string of the molecule is Oc1cccc(N2C=NNN2c2ccncc2)c1. The van der Waals surface area contributed by atoms with Gasteiger partial charge in [-0.15, -0.1) is 5.10 Å². The lowest BCUT2D eigenvalue weighted by Gasteiger charge is -2.27. The number of phenols is 1. The van der Waals surface area contributed by atoms with Gasteiger partial charge in [0, 0.05) is 18.5 Å². The number of anilines is 2. The van der Waals surface area contributed by atoms with E-state index in [0.717, 1.165) is 11.4 Å². The molecule has 0 amide bonds. The number of hydrogen-bond acceptors (Lipinski definition) is 6. The third-order valence-corrected chi connectivity index (χ3v) is 2.54. The lowest BCUT2D eigenvalue weighted by molar-refractivity contribution is 0.475. The third-order valence-electron chi connectivity index (χ3n) is 2.54. The molecule has 1 aliphatic rings. The zero-order chi connectivity index (χ0) is 12.4. The van der Waals surface area contributed by atoms with Crippen molar-refractivity contribution in [3.63, 3.8) is 0 Å². The van der Waals surface area contributed by atoms with E-state index in [4.69, 9.17) is 0 Å². The van der Waals surface area contributed by atoms with E-state index in [1.807, 2.05) is 18.2 Å². The van der Waals surface area contributed by atoms with Crippen molar-refractivity contribution >= 4 is 17.7 Å². The highest BCUT2D eigenvalue weighted by molar-refractivity contribution is 5.85. The van der Waals surface area contributed by atoms with E-state index >= 15 is 0 Å². The van der Waals surface area contributed by atoms with Crippen LogP contribution in [0.15, 0.2) is 53.9 Å². The first-order valence-corrected chi connectivity index (χ1v) is 5.42. The van der Waals surface area contributed by atoms with Gasteiger partial charge in [-0.1, -0.05) is 6.07 Å². The fourth-order valence-electron chi connectivity index (χ4n) is 1.72. The molecule has 1 aliphatic heterocycles. The number of benzene rings is 1. The molecule has 0 saturated carbocycles. The number of hydrazone groups is 1. The molecule has 18 heavy (non-hydrogen) atoms. The summed E-state index contributed by atoms with van der Waals surface area (Å²) in [6.45, 7) is 0. The maximum Gasteiger partial charge on any atom is 0.139 e. The van der Waals surface area contributed by atoms with Crippen LogP contribution in [0.4, 0.5) is 11.4 Å². The number of aromatic nitrogens is 1. The Morgan fingerprint density at radius 3 is 2.67 bits per heavy atom. The Kier molecular flexibility index (Phi) is 2.45. The molecule has 1 aromatic heterocycles. The first-order valence-electron chi connectivity index (χ1n) is 5.42. The van der Waals surface area contributed by atoms with E-state index < -0.39 is 0 Å². The van der Waals surface area contributed by atoms with Gasteiger partial charge in [-0.3, -0.25) is 4.98 Å². The standard InChI is InChI=1S/C12H11N5O/c18-12-3-1-2-11(8-12)16-9-14-15-17(16)10-4-6-13-7-5-10/h1-9,15,18H. The third kappa shape index (κ3) is 1.80. The molecule has 0 unspecified atom stereocenters. The quantitative estimate of drug-likeness (QED) is 0.833. The maximum absolute atomic E-state index is 9.51. The van der Waals surface area contributed by atoms with Crippen LogP contribution in [0.3, 0.4) is 0 Å². The molecule has 2 heterocycles. The Balaban J connectivity index is 1.94. The number of phenolic OH excluding ortho intramolecular Hbond substituents is 1. The highest BCUT2D eigenvalue weighted by Gasteiger charge is 2.19. The van der Waals surface area contributed by atoms with Crippen LogP contribution >= 0.6 is 0 Å². The van der Waals surface area contributed by atoms with Crippen LogP contribution in [0.1, 0.15) is 0 Å². The van der Waals surface area contributed by atoms with Crippen molar-refractivity contribution in [2.24, 2.45) is 5.10 Å². The van der Waals surface area contributed by atoms with E-state index in [1.54, 1.807) is 47.1 Å². The van der Waals surface area contributed by atoms with Crippen molar-refractivity contribution in [2.75, 3.05) is 10.1 Å². The second-order valence-electron chi connectivity index (χ2n) is 3.73. The molecular weight excluding hydrogens is 230 g/mol. The largest absolute Gasteiger partial charge is 0.508 e. The molecule has 3 rings (SSSR count). The Hall–Kier alpha value is -2.76. The monoisotopic (exact) mass is 241 g/mol. The number of nitrogens with zero attached hydrogens (tertiary/aromatic N) is 4. The van der Waals surface area contributed by atoms with Crippen molar-refractivity contribution in [1.82, 2.24) is 10.5 Å². The molecule has 0 spiro atoms. The van der Waals surface area contributed by atoms with Crippen LogP contribution in [0.5, 0.6) is 5.75 Å². The van der Waals surface area contributed by atoms with Crippen LogP contribution in [0.2, 0.25) is 0 Å². The number of hydrazine groups is 2. The van der Waals surface area contributed by atoms with E-state index in [-0.39, 0.29) is 5.75 Å². The predicted octanol–water partition coefficient (Wildman–Crippen LogP) is 1.48. The molecule has 0 radical (unpaired) electrons. The van der Waals surface area contributed by atoms with Gasteiger partial charge in [-0.05, 0) is 24.3 Å². The van der Waals surface area contributed by atoms with Gasteiger partial charge in [-0.2, -0.15) is 10.7 Å². The Morgan fingerprint density at radius 1 is 1.06 bits per heavy atom. The second kappa shape index (κ2) is 4.25. The minimum absolute atomic E-state index is 0.211. The Morgan fingerprint density at radius 2 is 1.89 bits per heavy atom. The molecule has 0 aliphatic carbocycles. The summed E-state index contributed by atoms with van der Waals surface area (Å²) in [7, 11) is 0. The number of nitrogens with one attached hydrogen (secondary N) is 1. The van der Waals surface area contributed by atoms with Gasteiger partial charge in [0.25, 0.3) is 0 Å². The highest BCUT2D eigenvalue weighted by Crippen LogP contribution is 2.24. The molecule has 1 aromatic carbocycles. The zero-order valence-corrected chi connectivity index (χ0v) is 9.43. The first-order chi connectivity index (χ1) is 8.84. The van der Waals surface area contributed by atoms with Gasteiger partial charge >= 0.3 is 0 Å². The summed E-state index contributed by atoms with van der Waals surface area (Å²) in [4.78, 5) is 3.97. The van der Waals surface area contributed by atoms with E-state index in [1.165, 1.54) is 0 Å². The zero-order valence-electron chi connectivity index (χ0n) is 9.43. The maximum atomic E-state index is 9.51. The summed E-state index contributed by atoms with van der Waals surface area (Å²) >= 11 is 0. The molecular formula is C12H11N5O. The van der Waals surface area contributed by atoms with Crippen molar-refractivity contribution in [2.45, 2.75) is 0 Å². The van der Waals surface area contributed by atoms with Crippen molar-refractivity contribution < 1.29 is 5.11 Å². The predicted molar refractivity (Wildman–Crippen MR) is 68.9 cm³/mol. The molecule has 6 heteroatoms. The second-order valence-corrected chi connectivity index (χ2v) is 3.73. The smallest absolute Gasteiger partial charge is 0.139 e. The number of rotatable bonds is 2. The van der Waals surface area contributed by atoms with Gasteiger partial charge in [0.1, 0.15) is 12.1 Å². The van der Waals surface area contributed by atoms with Crippen molar-refractivity contribution in [3.8, 4) is 5.75 Å². The van der Waals surface area contributed by atoms with E-state index in [9.17, 15) is 5.11 Å². The van der Waals surface area contributed by atoms with Crippen LogP contribution in [-0.2, 0) is 0 Å². The molecule has 0 bridgehead atoms. The topological polar surface area (TPSA) is 64.0 Å². The molecule has 0 saturated heterocycles. The van der Waals surface area contributed by atoms with Crippen LogP contribution < -0.4 is 15.7 Å². The Labute approximate surface area is 104 Å². The number of pyridine rings is 1. The van der Waals surface area contributed by atoms with Crippen molar-refractivity contribution in [1.29, 1.82) is 0 Å². The summed E-state index contributed by atoms with van der Waals surface area (Å²) in [5.74, 6) is 0.211. The summed E-state index contributed by atoms with van der Waals surface area (Å²) in [6, 6.07) is 10.7. The van der Waals surface area contributed by atoms with Crippen molar-refractivity contribution in [3.05, 3.63) is 48.8 Å². The van der Waals surface area contributed by atoms with Gasteiger partial charge in [0.05, 0.1) is 11.4 Å². The number of aromatic hydroxyl groups is 1. The fraction of sp³-hybridized carbons (Fsp3) is 0. The summed E-state index contributed by atoms with van der Waals surface area (Å²) < 4.78 is 0. The van der Waals surface area contributed by atoms with Gasteiger partial charge in [-0.25, -0.2) is 5.01 Å².